The molecular weight excluding hydrogens is 286 g/mol. The number of nitrogens with zero attached hydrogens (tertiary/aromatic N) is 3. The minimum absolute atomic E-state index is 0.0452. The molecule has 0 amide bonds. The van der Waals surface area contributed by atoms with Gasteiger partial charge in [-0.25, -0.2) is 0 Å². The van der Waals surface area contributed by atoms with Gasteiger partial charge in [0.15, 0.2) is 0 Å². The first-order chi connectivity index (χ1) is 10.1. The zero-order chi connectivity index (χ0) is 15.0. The second-order valence-electron chi connectivity index (χ2n) is 4.99. The van der Waals surface area contributed by atoms with E-state index in [0.717, 1.165) is 18.7 Å². The molecule has 1 aliphatic rings. The van der Waals surface area contributed by atoms with Crippen molar-refractivity contribution < 1.29 is 4.92 Å². The molecule has 6 heteroatoms. The van der Waals surface area contributed by atoms with Crippen molar-refractivity contribution in [2.45, 2.75) is 19.4 Å². The van der Waals surface area contributed by atoms with Crippen LogP contribution in [0.3, 0.4) is 0 Å². The summed E-state index contributed by atoms with van der Waals surface area (Å²) in [5.41, 5.74) is 2.37. The Hall–Kier alpha value is -2.39. The molecule has 0 N–H and O–H groups in total. The maximum atomic E-state index is 10.8. The molecule has 5 nitrogen and oxygen atoms in total. The lowest BCUT2D eigenvalue weighted by molar-refractivity contribution is -0.384. The second kappa shape index (κ2) is 5.19. The number of thiophene rings is 1. The number of nitro benzene ring substituents is 1. The number of benzene rings is 1. The molecule has 1 aliphatic heterocycles. The van der Waals surface area contributed by atoms with Gasteiger partial charge in [-0.3, -0.25) is 10.1 Å². The third kappa shape index (κ3) is 2.26. The normalized spacial score (nSPS) is 17.1. The Kier molecular flexibility index (Phi) is 3.35. The van der Waals surface area contributed by atoms with Gasteiger partial charge in [-0.15, -0.1) is 11.3 Å². The molecule has 2 heterocycles. The molecule has 0 saturated heterocycles. The number of nitriles is 1. The molecule has 21 heavy (non-hydrogen) atoms. The lowest BCUT2D eigenvalue weighted by Gasteiger charge is -2.36. The van der Waals surface area contributed by atoms with E-state index < -0.39 is 4.92 Å². The summed E-state index contributed by atoms with van der Waals surface area (Å²) >= 11 is 1.76. The van der Waals surface area contributed by atoms with E-state index >= 15 is 0 Å². The van der Waals surface area contributed by atoms with E-state index in [-0.39, 0.29) is 11.7 Å². The first kappa shape index (κ1) is 13.6. The monoisotopic (exact) mass is 299 g/mol. The largest absolute Gasteiger partial charge is 0.363 e. The SMILES string of the molecule is CC1c2ccsc2CCN1c1ccc([N+](=O)[O-])cc1C#N. The van der Waals surface area contributed by atoms with Crippen LogP contribution in [0.4, 0.5) is 11.4 Å². The standard InChI is InChI=1S/C15H13N3O2S/c1-10-13-5-7-21-15(13)4-6-17(10)14-3-2-12(18(19)20)8-11(14)9-16/h2-3,5,7-8,10H,4,6H2,1H3. The summed E-state index contributed by atoms with van der Waals surface area (Å²) in [7, 11) is 0. The number of hydrogen-bond acceptors (Lipinski definition) is 5. The number of hydrogen-bond donors (Lipinski definition) is 0. The Labute approximate surface area is 126 Å². The fraction of sp³-hybridized carbons (Fsp3) is 0.267. The highest BCUT2D eigenvalue weighted by Gasteiger charge is 2.27. The first-order valence-electron chi connectivity index (χ1n) is 6.63. The molecule has 2 aromatic rings. The van der Waals surface area contributed by atoms with Crippen molar-refractivity contribution in [1.82, 2.24) is 0 Å². The van der Waals surface area contributed by atoms with E-state index in [9.17, 15) is 15.4 Å². The lowest BCUT2D eigenvalue weighted by Crippen LogP contribution is -2.33. The van der Waals surface area contributed by atoms with Gasteiger partial charge in [-0.1, -0.05) is 0 Å². The molecule has 3 rings (SSSR count). The Morgan fingerprint density at radius 2 is 2.29 bits per heavy atom. The van der Waals surface area contributed by atoms with Crippen molar-refractivity contribution in [3.8, 4) is 6.07 Å². The zero-order valence-electron chi connectivity index (χ0n) is 11.4. The molecule has 1 aromatic carbocycles. The second-order valence-corrected chi connectivity index (χ2v) is 5.99. The van der Waals surface area contributed by atoms with Crippen LogP contribution < -0.4 is 4.90 Å². The molecule has 0 spiro atoms. The minimum Gasteiger partial charge on any atom is -0.363 e. The summed E-state index contributed by atoms with van der Waals surface area (Å²) in [6.45, 7) is 2.93. The van der Waals surface area contributed by atoms with Crippen LogP contribution in [0.2, 0.25) is 0 Å². The molecular formula is C15H13N3O2S. The Bertz CT molecular complexity index is 748. The smallest absolute Gasteiger partial charge is 0.270 e. The summed E-state index contributed by atoms with van der Waals surface area (Å²) in [6, 6.07) is 8.88. The van der Waals surface area contributed by atoms with Crippen LogP contribution in [0, 0.1) is 21.4 Å². The minimum atomic E-state index is -0.471. The van der Waals surface area contributed by atoms with Gasteiger partial charge in [-0.2, -0.15) is 5.26 Å². The third-order valence-corrected chi connectivity index (χ3v) is 4.89. The van der Waals surface area contributed by atoms with Gasteiger partial charge in [0, 0.05) is 23.6 Å². The summed E-state index contributed by atoms with van der Waals surface area (Å²) in [5, 5.41) is 22.2. The number of non-ortho nitro benzene ring substituents is 1. The average Bonchev–Trinajstić information content (AvgIpc) is 2.96. The van der Waals surface area contributed by atoms with E-state index in [1.54, 1.807) is 17.4 Å². The highest BCUT2D eigenvalue weighted by Crippen LogP contribution is 2.37. The van der Waals surface area contributed by atoms with Crippen LogP contribution in [0.1, 0.15) is 29.0 Å². The van der Waals surface area contributed by atoms with Gasteiger partial charge < -0.3 is 4.90 Å². The maximum absolute atomic E-state index is 10.8. The highest BCUT2D eigenvalue weighted by molar-refractivity contribution is 7.10. The van der Waals surface area contributed by atoms with Crippen LogP contribution >= 0.6 is 11.3 Å². The van der Waals surface area contributed by atoms with E-state index in [1.165, 1.54) is 22.6 Å². The molecule has 0 saturated carbocycles. The zero-order valence-corrected chi connectivity index (χ0v) is 12.3. The number of fused-ring (bicyclic) bond motifs is 1. The van der Waals surface area contributed by atoms with Crippen molar-refractivity contribution in [2.75, 3.05) is 11.4 Å². The summed E-state index contributed by atoms with van der Waals surface area (Å²) < 4.78 is 0. The number of nitro groups is 1. The number of rotatable bonds is 2. The quantitative estimate of drug-likeness (QED) is 0.627. The molecule has 1 atom stereocenters. The van der Waals surface area contributed by atoms with Crippen LogP contribution in [-0.4, -0.2) is 11.5 Å². The average molecular weight is 299 g/mol. The number of anilines is 1. The lowest BCUT2D eigenvalue weighted by atomic mass is 9.99. The topological polar surface area (TPSA) is 70.2 Å². The summed E-state index contributed by atoms with van der Waals surface area (Å²) in [4.78, 5) is 13.9. The molecule has 1 aromatic heterocycles. The van der Waals surface area contributed by atoms with Crippen molar-refractivity contribution in [1.29, 1.82) is 5.26 Å². The van der Waals surface area contributed by atoms with Crippen molar-refractivity contribution in [3.63, 3.8) is 0 Å². The van der Waals surface area contributed by atoms with E-state index in [1.807, 2.05) is 0 Å². The van der Waals surface area contributed by atoms with E-state index in [0.29, 0.717) is 5.56 Å². The maximum Gasteiger partial charge on any atom is 0.270 e. The predicted molar refractivity (Wildman–Crippen MR) is 81.6 cm³/mol. The molecule has 106 valence electrons. The van der Waals surface area contributed by atoms with Crippen LogP contribution in [0.5, 0.6) is 0 Å². The molecule has 0 bridgehead atoms. The highest BCUT2D eigenvalue weighted by atomic mass is 32.1. The van der Waals surface area contributed by atoms with Crippen molar-refractivity contribution in [3.05, 3.63) is 55.8 Å². The third-order valence-electron chi connectivity index (χ3n) is 3.90. The summed E-state index contributed by atoms with van der Waals surface area (Å²) in [6.07, 6.45) is 0.944. The Morgan fingerprint density at radius 1 is 1.48 bits per heavy atom. The van der Waals surface area contributed by atoms with Crippen LogP contribution in [0.15, 0.2) is 29.6 Å². The predicted octanol–water partition coefficient (Wildman–Crippen LogP) is 3.65. The first-order valence-corrected chi connectivity index (χ1v) is 7.51. The molecule has 0 fully saturated rings. The van der Waals surface area contributed by atoms with Gasteiger partial charge in [0.05, 0.1) is 22.2 Å². The fourth-order valence-corrected chi connectivity index (χ4v) is 3.78. The van der Waals surface area contributed by atoms with Gasteiger partial charge >= 0.3 is 0 Å². The summed E-state index contributed by atoms with van der Waals surface area (Å²) in [5.74, 6) is 0. The van der Waals surface area contributed by atoms with Crippen LogP contribution in [0.25, 0.3) is 0 Å². The van der Waals surface area contributed by atoms with Crippen molar-refractivity contribution >= 4 is 22.7 Å². The fourth-order valence-electron chi connectivity index (χ4n) is 2.82. The van der Waals surface area contributed by atoms with Gasteiger partial charge in [0.1, 0.15) is 6.07 Å². The molecule has 0 aliphatic carbocycles. The van der Waals surface area contributed by atoms with Gasteiger partial charge in [0.25, 0.3) is 5.69 Å². The van der Waals surface area contributed by atoms with E-state index in [4.69, 9.17) is 0 Å². The van der Waals surface area contributed by atoms with E-state index in [2.05, 4.69) is 29.3 Å². The molecule has 1 unspecified atom stereocenters. The molecule has 0 radical (unpaired) electrons. The Balaban J connectivity index is 2.02. The van der Waals surface area contributed by atoms with Gasteiger partial charge in [-0.05, 0) is 36.4 Å². The van der Waals surface area contributed by atoms with Gasteiger partial charge in [0.2, 0.25) is 0 Å². The Morgan fingerprint density at radius 3 is 3.00 bits per heavy atom. The van der Waals surface area contributed by atoms with Crippen LogP contribution in [-0.2, 0) is 6.42 Å². The van der Waals surface area contributed by atoms with Crippen molar-refractivity contribution in [2.24, 2.45) is 0 Å².